The number of hydrogen-bond donors (Lipinski definition) is 2. The molecule has 3 aromatic rings. The average Bonchev–Trinajstić information content (AvgIpc) is 2.88. The number of halogens is 1. The molecule has 4 amide bonds. The lowest BCUT2D eigenvalue weighted by Gasteiger charge is -2.27. The van der Waals surface area contributed by atoms with Crippen molar-refractivity contribution in [3.05, 3.63) is 77.6 Å². The second-order valence-corrected chi connectivity index (χ2v) is 8.07. The zero-order valence-electron chi connectivity index (χ0n) is 19.1. The summed E-state index contributed by atoms with van der Waals surface area (Å²) >= 11 is 0. The summed E-state index contributed by atoms with van der Waals surface area (Å²) in [4.78, 5) is 62.5. The van der Waals surface area contributed by atoms with Crippen LogP contribution in [0.25, 0.3) is 10.8 Å². The van der Waals surface area contributed by atoms with Crippen LogP contribution in [-0.4, -0.2) is 54.2 Å². The Balaban J connectivity index is 1.19. The quantitative estimate of drug-likeness (QED) is 0.351. The summed E-state index contributed by atoms with van der Waals surface area (Å²) in [5, 5.41) is 6.22. The molecule has 1 heterocycles. The summed E-state index contributed by atoms with van der Waals surface area (Å²) in [7, 11) is 0. The van der Waals surface area contributed by atoms with Crippen molar-refractivity contribution in [2.75, 3.05) is 25.0 Å². The first-order valence-electron chi connectivity index (χ1n) is 11.2. The summed E-state index contributed by atoms with van der Waals surface area (Å²) < 4.78 is 17.8. The van der Waals surface area contributed by atoms with E-state index in [1.165, 1.54) is 24.3 Å². The van der Waals surface area contributed by atoms with Gasteiger partial charge < -0.3 is 15.4 Å². The summed E-state index contributed by atoms with van der Waals surface area (Å²) in [5.41, 5.74) is 1.24. The number of nitrogens with one attached hydrogen (secondary N) is 2. The Bertz CT molecular complexity index is 1300. The Kier molecular flexibility index (Phi) is 7.33. The molecule has 10 heteroatoms. The number of carbonyl (C=O) groups is 5. The fourth-order valence-corrected chi connectivity index (χ4v) is 3.85. The van der Waals surface area contributed by atoms with Crippen molar-refractivity contribution in [2.24, 2.45) is 0 Å². The SMILES string of the molecule is O=C(COC(=O)CCCN1C(=O)c2cccc3cccc(c23)C1=O)NCC(=O)Nc1ccc(F)cc1. The fraction of sp³-hybridized carbons (Fsp3) is 0.192. The van der Waals surface area contributed by atoms with Crippen molar-refractivity contribution < 1.29 is 33.1 Å². The normalized spacial score (nSPS) is 12.4. The van der Waals surface area contributed by atoms with Crippen molar-refractivity contribution in [1.82, 2.24) is 10.2 Å². The Morgan fingerprint density at radius 2 is 1.50 bits per heavy atom. The van der Waals surface area contributed by atoms with Crippen LogP contribution in [0.4, 0.5) is 10.1 Å². The molecule has 1 aliphatic heterocycles. The summed E-state index contributed by atoms with van der Waals surface area (Å²) in [5.74, 6) is -3.18. The highest BCUT2D eigenvalue weighted by Crippen LogP contribution is 2.30. The van der Waals surface area contributed by atoms with Crippen LogP contribution in [0.15, 0.2) is 60.7 Å². The molecular weight excluding hydrogens is 469 g/mol. The van der Waals surface area contributed by atoms with E-state index in [0.29, 0.717) is 22.2 Å². The zero-order chi connectivity index (χ0) is 25.7. The number of hydrogen-bond acceptors (Lipinski definition) is 6. The summed E-state index contributed by atoms with van der Waals surface area (Å²) in [6.07, 6.45) is 0.0530. The molecule has 0 fully saturated rings. The van der Waals surface area contributed by atoms with Gasteiger partial charge in [-0.2, -0.15) is 0 Å². The van der Waals surface area contributed by atoms with E-state index in [0.717, 1.165) is 10.3 Å². The van der Waals surface area contributed by atoms with Gasteiger partial charge in [-0.1, -0.05) is 24.3 Å². The number of rotatable bonds is 9. The third-order valence-electron chi connectivity index (χ3n) is 5.56. The van der Waals surface area contributed by atoms with Crippen molar-refractivity contribution in [1.29, 1.82) is 0 Å². The predicted molar refractivity (Wildman–Crippen MR) is 128 cm³/mol. The molecule has 0 aliphatic carbocycles. The second kappa shape index (κ2) is 10.8. The maximum Gasteiger partial charge on any atom is 0.306 e. The van der Waals surface area contributed by atoms with Crippen LogP contribution in [0.5, 0.6) is 0 Å². The standard InChI is InChI=1S/C26H22FN3O6/c27-17-9-11-18(12-10-17)29-21(31)14-28-22(32)15-36-23(33)8-3-13-30-25(34)19-6-1-4-16-5-2-7-20(24(16)19)26(30)35/h1-2,4-7,9-12H,3,8,13-15H2,(H,28,32)(H,29,31). The van der Waals surface area contributed by atoms with Crippen LogP contribution < -0.4 is 10.6 Å². The van der Waals surface area contributed by atoms with E-state index in [4.69, 9.17) is 4.74 Å². The topological polar surface area (TPSA) is 122 Å². The van der Waals surface area contributed by atoms with Crippen molar-refractivity contribution in [3.8, 4) is 0 Å². The van der Waals surface area contributed by atoms with Crippen molar-refractivity contribution in [3.63, 3.8) is 0 Å². The van der Waals surface area contributed by atoms with Crippen molar-refractivity contribution >= 4 is 46.1 Å². The van der Waals surface area contributed by atoms with E-state index in [1.54, 1.807) is 24.3 Å². The van der Waals surface area contributed by atoms with E-state index in [9.17, 15) is 28.4 Å². The smallest absolute Gasteiger partial charge is 0.306 e. The highest BCUT2D eigenvalue weighted by atomic mass is 19.1. The zero-order valence-corrected chi connectivity index (χ0v) is 19.1. The molecule has 0 bridgehead atoms. The first kappa shape index (κ1) is 24.5. The van der Waals surface area contributed by atoms with Gasteiger partial charge in [0.2, 0.25) is 5.91 Å². The van der Waals surface area contributed by atoms with Crippen LogP contribution in [0.3, 0.4) is 0 Å². The summed E-state index contributed by atoms with van der Waals surface area (Å²) in [6, 6.07) is 15.6. The number of carbonyl (C=O) groups excluding carboxylic acids is 5. The minimum Gasteiger partial charge on any atom is -0.456 e. The number of anilines is 1. The van der Waals surface area contributed by atoms with Gasteiger partial charge >= 0.3 is 5.97 Å². The highest BCUT2D eigenvalue weighted by molar-refractivity contribution is 6.25. The number of amides is 4. The van der Waals surface area contributed by atoms with Gasteiger partial charge in [-0.25, -0.2) is 4.39 Å². The molecule has 0 spiro atoms. The third kappa shape index (κ3) is 5.54. The van der Waals surface area contributed by atoms with Gasteiger partial charge in [0.1, 0.15) is 5.82 Å². The molecule has 36 heavy (non-hydrogen) atoms. The molecule has 1 aliphatic rings. The Labute approximate surface area is 205 Å². The molecule has 0 saturated heterocycles. The minimum atomic E-state index is -0.680. The molecular formula is C26H22FN3O6. The molecule has 0 atom stereocenters. The van der Waals surface area contributed by atoms with E-state index in [2.05, 4.69) is 10.6 Å². The van der Waals surface area contributed by atoms with Gasteiger partial charge in [0.15, 0.2) is 6.61 Å². The number of nitrogens with zero attached hydrogens (tertiary/aromatic N) is 1. The largest absolute Gasteiger partial charge is 0.456 e. The lowest BCUT2D eigenvalue weighted by molar-refractivity contribution is -0.148. The van der Waals surface area contributed by atoms with E-state index < -0.39 is 42.0 Å². The van der Waals surface area contributed by atoms with Gasteiger partial charge in [-0.05, 0) is 48.2 Å². The predicted octanol–water partition coefficient (Wildman–Crippen LogP) is 2.65. The molecule has 184 valence electrons. The molecule has 4 rings (SSSR count). The monoisotopic (exact) mass is 491 g/mol. The molecule has 0 saturated carbocycles. The van der Waals surface area contributed by atoms with Crippen LogP contribution in [0, 0.1) is 5.82 Å². The van der Waals surface area contributed by atoms with Gasteiger partial charge in [0.05, 0.1) is 6.54 Å². The number of ether oxygens (including phenoxy) is 1. The van der Waals surface area contributed by atoms with E-state index >= 15 is 0 Å². The summed E-state index contributed by atoms with van der Waals surface area (Å²) in [6.45, 7) is -0.923. The molecule has 3 aromatic carbocycles. The number of imide groups is 1. The van der Waals surface area contributed by atoms with Gasteiger partial charge in [0.25, 0.3) is 17.7 Å². The van der Waals surface area contributed by atoms with Gasteiger partial charge in [-0.15, -0.1) is 0 Å². The fourth-order valence-electron chi connectivity index (χ4n) is 3.85. The lowest BCUT2D eigenvalue weighted by Crippen LogP contribution is -2.41. The first-order chi connectivity index (χ1) is 17.3. The van der Waals surface area contributed by atoms with Gasteiger partial charge in [0, 0.05) is 35.2 Å². The van der Waals surface area contributed by atoms with Crippen LogP contribution >= 0.6 is 0 Å². The number of benzene rings is 3. The van der Waals surface area contributed by atoms with E-state index in [1.807, 2.05) is 12.1 Å². The first-order valence-corrected chi connectivity index (χ1v) is 11.2. The second-order valence-electron chi connectivity index (χ2n) is 8.07. The maximum atomic E-state index is 12.9. The Morgan fingerprint density at radius 3 is 2.14 bits per heavy atom. The van der Waals surface area contributed by atoms with Crippen LogP contribution in [0.2, 0.25) is 0 Å². The minimum absolute atomic E-state index is 0.0211. The Hall–Kier alpha value is -4.60. The molecule has 9 nitrogen and oxygen atoms in total. The average molecular weight is 491 g/mol. The lowest BCUT2D eigenvalue weighted by atomic mass is 9.94. The molecule has 2 N–H and O–H groups in total. The molecule has 0 unspecified atom stereocenters. The van der Waals surface area contributed by atoms with E-state index in [-0.39, 0.29) is 25.9 Å². The van der Waals surface area contributed by atoms with Gasteiger partial charge in [-0.3, -0.25) is 28.9 Å². The third-order valence-corrected chi connectivity index (χ3v) is 5.56. The molecule has 0 radical (unpaired) electrons. The maximum absolute atomic E-state index is 12.9. The number of esters is 1. The van der Waals surface area contributed by atoms with Crippen LogP contribution in [0.1, 0.15) is 33.6 Å². The highest BCUT2D eigenvalue weighted by Gasteiger charge is 2.32. The van der Waals surface area contributed by atoms with Crippen LogP contribution in [-0.2, 0) is 19.1 Å². The van der Waals surface area contributed by atoms with Crippen molar-refractivity contribution in [2.45, 2.75) is 12.8 Å². The molecule has 0 aromatic heterocycles. The Morgan fingerprint density at radius 1 is 0.861 bits per heavy atom.